The number of carbonyl (C=O) groups is 1. The summed E-state index contributed by atoms with van der Waals surface area (Å²) in [6, 6.07) is 5.11. The summed E-state index contributed by atoms with van der Waals surface area (Å²) in [6.45, 7) is 0.542. The highest BCUT2D eigenvalue weighted by molar-refractivity contribution is 14.1. The summed E-state index contributed by atoms with van der Waals surface area (Å²) in [6.07, 6.45) is 0.982. The largest absolute Gasteiger partial charge is 0.462 e. The maximum Gasteiger partial charge on any atom is 0.339 e. The molecule has 0 aromatic heterocycles. The lowest BCUT2D eigenvalue weighted by Crippen LogP contribution is -2.09. The molecule has 0 bridgehead atoms. The van der Waals surface area contributed by atoms with Crippen LogP contribution in [0.4, 0.5) is 0 Å². The highest BCUT2D eigenvalue weighted by Crippen LogP contribution is 2.23. The molecule has 0 aliphatic carbocycles. The molecule has 1 aromatic carbocycles. The van der Waals surface area contributed by atoms with Crippen molar-refractivity contribution in [2.45, 2.75) is 12.5 Å². The number of ether oxygens (including phenoxy) is 1. The van der Waals surface area contributed by atoms with E-state index in [2.05, 4.69) is 73.8 Å². The smallest absolute Gasteiger partial charge is 0.339 e. The lowest BCUT2D eigenvalue weighted by atomic mass is 10.2. The molecule has 0 atom stereocenters. The Balaban J connectivity index is 2.82. The molecule has 88 valence electrons. The van der Waals surface area contributed by atoms with Gasteiger partial charge in [0.15, 0.2) is 0 Å². The van der Waals surface area contributed by atoms with Gasteiger partial charge in [-0.2, -0.15) is 0 Å². The van der Waals surface area contributed by atoms with Crippen molar-refractivity contribution in [3.63, 3.8) is 0 Å². The Labute approximate surface area is 139 Å². The van der Waals surface area contributed by atoms with Gasteiger partial charge in [0.05, 0.1) is 12.2 Å². The molecule has 0 heterocycles. The highest BCUT2D eigenvalue weighted by Gasteiger charge is 2.14. The number of rotatable bonds is 4. The van der Waals surface area contributed by atoms with Crippen LogP contribution in [0.1, 0.15) is 16.8 Å². The molecular formula is C10H11I3O2Si. The van der Waals surface area contributed by atoms with Gasteiger partial charge in [-0.3, -0.25) is 0 Å². The average molecular weight is 572 g/mol. The Hall–Kier alpha value is 1.10. The van der Waals surface area contributed by atoms with Gasteiger partial charge in [0.2, 0.25) is 0 Å². The predicted molar refractivity (Wildman–Crippen MR) is 94.2 cm³/mol. The summed E-state index contributed by atoms with van der Waals surface area (Å²) < 4.78 is 8.38. The van der Waals surface area contributed by atoms with Crippen LogP contribution in [0.15, 0.2) is 12.1 Å². The monoisotopic (exact) mass is 572 g/mol. The quantitative estimate of drug-likeness (QED) is 0.183. The fourth-order valence-corrected chi connectivity index (χ4v) is 3.76. The third kappa shape index (κ3) is 4.41. The fourth-order valence-electron chi connectivity index (χ4n) is 1.09. The van der Waals surface area contributed by atoms with Crippen LogP contribution in [0, 0.1) is 10.7 Å². The van der Waals surface area contributed by atoms with Gasteiger partial charge in [-0.05, 0) is 86.3 Å². The molecule has 0 N–H and O–H groups in total. The minimum atomic E-state index is -0.198. The second-order valence-electron chi connectivity index (χ2n) is 3.24. The maximum absolute atomic E-state index is 11.8. The standard InChI is InChI=1S/C10H11I3O2Si/c11-6-4-7(9(13)8(12)5-6)10(14)15-2-1-3-16/h4-5H,1-3H2,16H3. The van der Waals surface area contributed by atoms with Crippen molar-refractivity contribution in [3.8, 4) is 0 Å². The molecule has 0 spiro atoms. The number of hydrogen-bond acceptors (Lipinski definition) is 2. The molecule has 16 heavy (non-hydrogen) atoms. The first-order valence-corrected chi connectivity index (χ1v) is 9.53. The van der Waals surface area contributed by atoms with Crippen LogP contribution in [-0.4, -0.2) is 22.8 Å². The van der Waals surface area contributed by atoms with Crippen molar-refractivity contribution in [1.29, 1.82) is 0 Å². The van der Waals surface area contributed by atoms with Gasteiger partial charge in [-0.25, -0.2) is 4.79 Å². The number of carbonyl (C=O) groups excluding carboxylic acids is 1. The topological polar surface area (TPSA) is 26.3 Å². The average Bonchev–Trinajstić information content (AvgIpc) is 2.23. The molecule has 0 aliphatic heterocycles. The molecule has 0 aliphatic rings. The van der Waals surface area contributed by atoms with Crippen LogP contribution >= 0.6 is 67.8 Å². The van der Waals surface area contributed by atoms with E-state index in [1.807, 2.05) is 6.07 Å². The van der Waals surface area contributed by atoms with Crippen LogP contribution < -0.4 is 0 Å². The molecule has 2 nitrogen and oxygen atoms in total. The summed E-state index contributed by atoms with van der Waals surface area (Å²) in [4.78, 5) is 11.8. The molecular weight excluding hydrogens is 561 g/mol. The Morgan fingerprint density at radius 3 is 2.62 bits per heavy atom. The van der Waals surface area contributed by atoms with E-state index in [0.717, 1.165) is 17.1 Å². The van der Waals surface area contributed by atoms with Crippen molar-refractivity contribution >= 4 is 84.0 Å². The van der Waals surface area contributed by atoms with Gasteiger partial charge >= 0.3 is 5.97 Å². The van der Waals surface area contributed by atoms with Gasteiger partial charge in [0, 0.05) is 21.0 Å². The summed E-state index contributed by atoms with van der Waals surface area (Å²) in [5, 5.41) is 0. The van der Waals surface area contributed by atoms with E-state index >= 15 is 0 Å². The van der Waals surface area contributed by atoms with Crippen molar-refractivity contribution in [2.75, 3.05) is 6.61 Å². The molecule has 0 radical (unpaired) electrons. The van der Waals surface area contributed by atoms with E-state index in [-0.39, 0.29) is 5.97 Å². The van der Waals surface area contributed by atoms with Crippen LogP contribution in [0.3, 0.4) is 0 Å². The molecule has 0 amide bonds. The molecule has 0 saturated carbocycles. The van der Waals surface area contributed by atoms with E-state index < -0.39 is 0 Å². The first-order valence-electron chi connectivity index (χ1n) is 4.88. The Morgan fingerprint density at radius 2 is 2.00 bits per heavy atom. The van der Waals surface area contributed by atoms with E-state index in [9.17, 15) is 4.79 Å². The lowest BCUT2D eigenvalue weighted by Gasteiger charge is -2.07. The van der Waals surface area contributed by atoms with E-state index in [1.165, 1.54) is 16.3 Å². The first-order chi connectivity index (χ1) is 7.56. The van der Waals surface area contributed by atoms with Gasteiger partial charge in [0.25, 0.3) is 0 Å². The summed E-state index contributed by atoms with van der Waals surface area (Å²) in [7, 11) is 1.17. The van der Waals surface area contributed by atoms with Gasteiger partial charge in [-0.1, -0.05) is 6.04 Å². The summed E-state index contributed by atoms with van der Waals surface area (Å²) >= 11 is 6.65. The van der Waals surface area contributed by atoms with Crippen LogP contribution in [0.25, 0.3) is 0 Å². The first kappa shape index (κ1) is 15.2. The number of halogens is 3. The SMILES string of the molecule is O=C(OCCC[SiH3])c1cc(I)cc(I)c1I. The number of benzene rings is 1. The van der Waals surface area contributed by atoms with Crippen molar-refractivity contribution in [1.82, 2.24) is 0 Å². The summed E-state index contributed by atoms with van der Waals surface area (Å²) in [5.74, 6) is -0.198. The summed E-state index contributed by atoms with van der Waals surface area (Å²) in [5.41, 5.74) is 0.685. The molecule has 1 rings (SSSR count). The number of hydrogen-bond donors (Lipinski definition) is 0. The molecule has 0 unspecified atom stereocenters. The molecule has 0 saturated heterocycles. The van der Waals surface area contributed by atoms with Crippen molar-refractivity contribution in [3.05, 3.63) is 28.4 Å². The van der Waals surface area contributed by atoms with Gasteiger partial charge in [-0.15, -0.1) is 0 Å². The minimum Gasteiger partial charge on any atom is -0.462 e. The number of esters is 1. The maximum atomic E-state index is 11.8. The second kappa shape index (κ2) is 7.51. The van der Waals surface area contributed by atoms with E-state index in [4.69, 9.17) is 4.74 Å². The van der Waals surface area contributed by atoms with Crippen molar-refractivity contribution in [2.24, 2.45) is 0 Å². The fraction of sp³-hybridized carbons (Fsp3) is 0.300. The van der Waals surface area contributed by atoms with Crippen LogP contribution in [-0.2, 0) is 4.74 Å². The molecule has 0 fully saturated rings. The Morgan fingerprint density at radius 1 is 1.31 bits per heavy atom. The van der Waals surface area contributed by atoms with E-state index in [1.54, 1.807) is 0 Å². The van der Waals surface area contributed by atoms with Crippen LogP contribution in [0.2, 0.25) is 6.04 Å². The zero-order chi connectivity index (χ0) is 12.1. The van der Waals surface area contributed by atoms with Crippen LogP contribution in [0.5, 0.6) is 0 Å². The minimum absolute atomic E-state index is 0.198. The third-order valence-corrected chi connectivity index (χ3v) is 6.32. The molecule has 1 aromatic rings. The Bertz CT molecular complexity index is 396. The molecule has 6 heteroatoms. The van der Waals surface area contributed by atoms with Gasteiger partial charge < -0.3 is 4.74 Å². The Kier molecular flexibility index (Phi) is 7.12. The predicted octanol–water partition coefficient (Wildman–Crippen LogP) is 2.83. The normalized spacial score (nSPS) is 10.4. The zero-order valence-corrected chi connectivity index (χ0v) is 17.2. The van der Waals surface area contributed by atoms with E-state index in [0.29, 0.717) is 12.2 Å². The highest BCUT2D eigenvalue weighted by atomic mass is 127. The lowest BCUT2D eigenvalue weighted by molar-refractivity contribution is 0.0504. The van der Waals surface area contributed by atoms with Crippen molar-refractivity contribution < 1.29 is 9.53 Å². The zero-order valence-electron chi connectivity index (χ0n) is 8.73. The third-order valence-electron chi connectivity index (χ3n) is 1.94. The van der Waals surface area contributed by atoms with Gasteiger partial charge in [0.1, 0.15) is 0 Å². The second-order valence-corrected chi connectivity index (χ2v) is 7.73.